The van der Waals surface area contributed by atoms with Crippen LogP contribution in [0, 0.1) is 5.92 Å². The Morgan fingerprint density at radius 2 is 1.79 bits per heavy atom. The molecule has 188 valence electrons. The van der Waals surface area contributed by atoms with Gasteiger partial charge in [0.1, 0.15) is 5.82 Å². The van der Waals surface area contributed by atoms with Crippen LogP contribution >= 0.6 is 0 Å². The number of rotatable bonds is 9. The predicted molar refractivity (Wildman–Crippen MR) is 129 cm³/mol. The Labute approximate surface area is 202 Å². The van der Waals surface area contributed by atoms with Crippen LogP contribution < -0.4 is 0 Å². The third-order valence-electron chi connectivity index (χ3n) is 6.95. The lowest BCUT2D eigenvalue weighted by atomic mass is 9.96. The van der Waals surface area contributed by atoms with Crippen LogP contribution in [-0.2, 0) is 37.3 Å². The molecule has 2 saturated heterocycles. The Bertz CT molecular complexity index is 1100. The summed E-state index contributed by atoms with van der Waals surface area (Å²) in [6.45, 7) is 10.0. The van der Waals surface area contributed by atoms with E-state index < -0.39 is 10.0 Å². The average Bonchev–Trinajstić information content (AvgIpc) is 3.50. The van der Waals surface area contributed by atoms with Gasteiger partial charge in [-0.1, -0.05) is 13.8 Å². The largest absolute Gasteiger partial charge is 0.350 e. The van der Waals surface area contributed by atoms with Gasteiger partial charge < -0.3 is 18.9 Å². The molecule has 10 heteroatoms. The highest BCUT2D eigenvalue weighted by molar-refractivity contribution is 7.89. The maximum absolute atomic E-state index is 12.9. The summed E-state index contributed by atoms with van der Waals surface area (Å²) in [4.78, 5) is 19.8. The van der Waals surface area contributed by atoms with Gasteiger partial charge in [0.05, 0.1) is 29.1 Å². The fourth-order valence-electron chi connectivity index (χ4n) is 5.02. The van der Waals surface area contributed by atoms with Gasteiger partial charge in [0.2, 0.25) is 15.9 Å². The van der Waals surface area contributed by atoms with Crippen LogP contribution in [0.3, 0.4) is 0 Å². The van der Waals surface area contributed by atoms with E-state index in [1.165, 1.54) is 4.31 Å². The molecule has 2 aliphatic rings. The van der Waals surface area contributed by atoms with E-state index in [-0.39, 0.29) is 17.1 Å². The van der Waals surface area contributed by atoms with Gasteiger partial charge in [0.25, 0.3) is 0 Å². The number of imidazole rings is 1. The lowest BCUT2D eigenvalue weighted by molar-refractivity contribution is -0.136. The molecule has 0 spiro atoms. The number of hydrogen-bond acceptors (Lipinski definition) is 6. The summed E-state index contributed by atoms with van der Waals surface area (Å²) in [5.41, 5.74) is 1.54. The number of piperidine rings is 1. The molecule has 0 unspecified atom stereocenters. The first-order valence-electron chi connectivity index (χ1n) is 12.4. The standard InChI is InChI=1S/C24H36N4O5S/c1-4-27(5-2)34(30,31)19-7-8-21-20(17-19)25-22(28(21)6-3)9-10-23(29)26-13-11-18(12-14-26)24-32-15-16-33-24/h7-8,17-18,24H,4-6,9-16H2,1-3H3. The summed E-state index contributed by atoms with van der Waals surface area (Å²) in [5, 5.41) is 0. The zero-order valence-electron chi connectivity index (χ0n) is 20.4. The van der Waals surface area contributed by atoms with E-state index in [0.717, 1.165) is 37.3 Å². The Morgan fingerprint density at radius 1 is 1.12 bits per heavy atom. The fourth-order valence-corrected chi connectivity index (χ4v) is 6.50. The number of carbonyl (C=O) groups excluding carboxylic acids is 1. The van der Waals surface area contributed by atoms with Crippen molar-refractivity contribution in [1.82, 2.24) is 18.8 Å². The van der Waals surface area contributed by atoms with E-state index in [1.807, 2.05) is 31.7 Å². The molecule has 0 radical (unpaired) electrons. The summed E-state index contributed by atoms with van der Waals surface area (Å²) < 4.78 is 40.6. The van der Waals surface area contributed by atoms with Gasteiger partial charge in [-0.2, -0.15) is 4.31 Å². The zero-order chi connectivity index (χ0) is 24.3. The number of nitrogens with zero attached hydrogens (tertiary/aromatic N) is 4. The van der Waals surface area contributed by atoms with Crippen molar-refractivity contribution in [2.75, 3.05) is 39.4 Å². The van der Waals surface area contributed by atoms with Crippen LogP contribution in [0.4, 0.5) is 0 Å². The summed E-state index contributed by atoms with van der Waals surface area (Å²) in [6.07, 6.45) is 2.59. The lowest BCUT2D eigenvalue weighted by Gasteiger charge is -2.33. The molecule has 1 amide bonds. The number of likely N-dealkylation sites (tertiary alicyclic amines) is 1. The van der Waals surface area contributed by atoms with Gasteiger partial charge in [0, 0.05) is 51.5 Å². The second-order valence-electron chi connectivity index (χ2n) is 8.84. The Kier molecular flexibility index (Phi) is 7.91. The molecular weight excluding hydrogens is 456 g/mol. The molecule has 4 rings (SSSR count). The third kappa shape index (κ3) is 5.00. The van der Waals surface area contributed by atoms with Gasteiger partial charge in [-0.05, 0) is 38.0 Å². The molecule has 0 saturated carbocycles. The van der Waals surface area contributed by atoms with E-state index in [1.54, 1.807) is 12.1 Å². The zero-order valence-corrected chi connectivity index (χ0v) is 21.2. The molecule has 0 atom stereocenters. The molecule has 9 nitrogen and oxygen atoms in total. The van der Waals surface area contributed by atoms with Crippen molar-refractivity contribution in [2.24, 2.45) is 5.92 Å². The summed E-state index contributed by atoms with van der Waals surface area (Å²) >= 11 is 0. The lowest BCUT2D eigenvalue weighted by Crippen LogP contribution is -2.41. The maximum Gasteiger partial charge on any atom is 0.243 e. The van der Waals surface area contributed by atoms with E-state index in [2.05, 4.69) is 4.57 Å². The van der Waals surface area contributed by atoms with E-state index >= 15 is 0 Å². The average molecular weight is 493 g/mol. The van der Waals surface area contributed by atoms with Crippen molar-refractivity contribution >= 4 is 27.0 Å². The minimum absolute atomic E-state index is 0.114. The van der Waals surface area contributed by atoms with Crippen molar-refractivity contribution in [3.8, 4) is 0 Å². The molecule has 34 heavy (non-hydrogen) atoms. The first-order valence-corrected chi connectivity index (χ1v) is 13.8. The fraction of sp³-hybridized carbons (Fsp3) is 0.667. The van der Waals surface area contributed by atoms with Crippen molar-refractivity contribution < 1.29 is 22.7 Å². The van der Waals surface area contributed by atoms with Crippen LogP contribution in [0.2, 0.25) is 0 Å². The second kappa shape index (κ2) is 10.7. The molecule has 2 fully saturated rings. The third-order valence-corrected chi connectivity index (χ3v) is 8.99. The summed E-state index contributed by atoms with van der Waals surface area (Å²) in [5.74, 6) is 1.30. The molecule has 3 heterocycles. The quantitative estimate of drug-likeness (QED) is 0.534. The topological polar surface area (TPSA) is 94.0 Å². The van der Waals surface area contributed by atoms with Gasteiger partial charge in [0.15, 0.2) is 6.29 Å². The minimum atomic E-state index is -3.55. The Hall–Kier alpha value is -2.01. The van der Waals surface area contributed by atoms with Gasteiger partial charge in [-0.3, -0.25) is 4.79 Å². The number of amides is 1. The number of aryl methyl sites for hydroxylation is 2. The first-order chi connectivity index (χ1) is 16.4. The molecule has 2 aromatic rings. The highest BCUT2D eigenvalue weighted by Crippen LogP contribution is 2.27. The van der Waals surface area contributed by atoms with Crippen LogP contribution in [0.15, 0.2) is 23.1 Å². The normalized spacial score (nSPS) is 18.4. The molecule has 0 bridgehead atoms. The molecule has 1 aromatic heterocycles. The van der Waals surface area contributed by atoms with Crippen molar-refractivity contribution in [1.29, 1.82) is 0 Å². The predicted octanol–water partition coefficient (Wildman–Crippen LogP) is 2.63. The first kappa shape index (κ1) is 25.1. The number of sulfonamides is 1. The second-order valence-corrected chi connectivity index (χ2v) is 10.8. The van der Waals surface area contributed by atoms with E-state index in [0.29, 0.717) is 57.1 Å². The molecule has 0 N–H and O–H groups in total. The number of carbonyl (C=O) groups is 1. The van der Waals surface area contributed by atoms with E-state index in [9.17, 15) is 13.2 Å². The van der Waals surface area contributed by atoms with Crippen molar-refractivity contribution in [2.45, 2.75) is 64.2 Å². The summed E-state index contributed by atoms with van der Waals surface area (Å²) in [6, 6.07) is 5.13. The van der Waals surface area contributed by atoms with E-state index in [4.69, 9.17) is 14.5 Å². The minimum Gasteiger partial charge on any atom is -0.350 e. The highest BCUT2D eigenvalue weighted by Gasteiger charge is 2.31. The van der Waals surface area contributed by atoms with Gasteiger partial charge in [-0.15, -0.1) is 0 Å². The van der Waals surface area contributed by atoms with Crippen LogP contribution in [0.5, 0.6) is 0 Å². The van der Waals surface area contributed by atoms with Crippen LogP contribution in [0.1, 0.15) is 45.9 Å². The van der Waals surface area contributed by atoms with Crippen LogP contribution in [0.25, 0.3) is 11.0 Å². The molecular formula is C24H36N4O5S. The van der Waals surface area contributed by atoms with Gasteiger partial charge >= 0.3 is 0 Å². The van der Waals surface area contributed by atoms with Crippen LogP contribution in [-0.4, -0.2) is 78.8 Å². The SMILES string of the molecule is CCN(CC)S(=O)(=O)c1ccc2c(c1)nc(CCC(=O)N1CCC(C3OCCO3)CC1)n2CC. The van der Waals surface area contributed by atoms with Crippen molar-refractivity contribution in [3.63, 3.8) is 0 Å². The number of ether oxygens (including phenoxy) is 2. The maximum atomic E-state index is 12.9. The molecule has 0 aliphatic carbocycles. The smallest absolute Gasteiger partial charge is 0.243 e. The highest BCUT2D eigenvalue weighted by atomic mass is 32.2. The monoisotopic (exact) mass is 492 g/mol. The summed E-state index contributed by atoms with van der Waals surface area (Å²) in [7, 11) is -3.55. The Balaban J connectivity index is 1.43. The van der Waals surface area contributed by atoms with Crippen molar-refractivity contribution in [3.05, 3.63) is 24.0 Å². The van der Waals surface area contributed by atoms with Gasteiger partial charge in [-0.25, -0.2) is 13.4 Å². The molecule has 2 aliphatic heterocycles. The number of hydrogen-bond donors (Lipinski definition) is 0. The number of fused-ring (bicyclic) bond motifs is 1. The number of aromatic nitrogens is 2. The Morgan fingerprint density at radius 3 is 2.41 bits per heavy atom. The molecule has 1 aromatic carbocycles. The number of benzene rings is 1.